The van der Waals surface area contributed by atoms with E-state index in [1.54, 1.807) is 19.2 Å². The minimum absolute atomic E-state index is 0.0625. The molecule has 0 fully saturated rings. The fraction of sp³-hybridized carbons (Fsp3) is 0.500. The molecule has 0 aromatic heterocycles. The van der Waals surface area contributed by atoms with Gasteiger partial charge in [-0.15, -0.1) is 0 Å². The molecule has 94 valence electrons. The van der Waals surface area contributed by atoms with Crippen molar-refractivity contribution in [3.8, 4) is 0 Å². The average Bonchev–Trinajstić information content (AvgIpc) is 2.35. The molecule has 0 heterocycles. The lowest BCUT2D eigenvalue weighted by Gasteiger charge is -2.17. The van der Waals surface area contributed by atoms with Gasteiger partial charge in [-0.3, -0.25) is 10.1 Å². The highest BCUT2D eigenvalue weighted by Crippen LogP contribution is 2.18. The molecule has 0 saturated carbocycles. The maximum absolute atomic E-state index is 10.7. The molecule has 0 bridgehead atoms. The zero-order valence-corrected chi connectivity index (χ0v) is 10.3. The van der Waals surface area contributed by atoms with Crippen LogP contribution in [0.5, 0.6) is 0 Å². The third kappa shape index (κ3) is 4.13. The zero-order chi connectivity index (χ0) is 12.8. The van der Waals surface area contributed by atoms with E-state index in [-0.39, 0.29) is 22.8 Å². The molecule has 1 rings (SSSR count). The summed E-state index contributed by atoms with van der Waals surface area (Å²) in [6, 6.07) is 6.73. The Morgan fingerprint density at radius 2 is 2.18 bits per heavy atom. The van der Waals surface area contributed by atoms with Crippen molar-refractivity contribution in [2.75, 3.05) is 13.7 Å². The summed E-state index contributed by atoms with van der Waals surface area (Å²) in [5.74, 6) is 0. The van der Waals surface area contributed by atoms with Crippen molar-refractivity contribution < 1.29 is 9.66 Å². The molecule has 0 saturated heterocycles. The third-order valence-corrected chi connectivity index (χ3v) is 2.69. The van der Waals surface area contributed by atoms with E-state index in [0.29, 0.717) is 6.54 Å². The van der Waals surface area contributed by atoms with Crippen LogP contribution in [0.15, 0.2) is 24.3 Å². The Morgan fingerprint density at radius 3 is 2.76 bits per heavy atom. The molecule has 5 heteroatoms. The van der Waals surface area contributed by atoms with Gasteiger partial charge in [-0.25, -0.2) is 0 Å². The summed E-state index contributed by atoms with van der Waals surface area (Å²) in [6.45, 7) is 4.65. The minimum atomic E-state index is -0.381. The molecule has 0 aliphatic heterocycles. The largest absolute Gasteiger partial charge is 0.380 e. The quantitative estimate of drug-likeness (QED) is 0.610. The maximum Gasteiger partial charge on any atom is 0.269 e. The van der Waals surface area contributed by atoms with Crippen LogP contribution in [0.3, 0.4) is 0 Å². The molecule has 1 aromatic carbocycles. The number of nitrogens with one attached hydrogen (secondary N) is 1. The van der Waals surface area contributed by atoms with Crippen LogP contribution < -0.4 is 5.32 Å². The molecular formula is C12H18N2O3. The number of benzene rings is 1. The van der Waals surface area contributed by atoms with Gasteiger partial charge in [-0.2, -0.15) is 0 Å². The molecule has 5 nitrogen and oxygen atoms in total. The molecule has 0 aliphatic rings. The molecule has 0 aliphatic carbocycles. The first-order chi connectivity index (χ1) is 8.04. The van der Waals surface area contributed by atoms with Crippen LogP contribution in [0.25, 0.3) is 0 Å². The van der Waals surface area contributed by atoms with Gasteiger partial charge in [0.1, 0.15) is 0 Å². The molecule has 0 amide bonds. The van der Waals surface area contributed by atoms with Crippen molar-refractivity contribution in [3.05, 3.63) is 39.9 Å². The number of methoxy groups -OCH3 is 1. The topological polar surface area (TPSA) is 64.4 Å². The van der Waals surface area contributed by atoms with Crippen LogP contribution in [0.2, 0.25) is 0 Å². The summed E-state index contributed by atoms with van der Waals surface area (Å²) < 4.78 is 5.13. The van der Waals surface area contributed by atoms with Gasteiger partial charge in [0.2, 0.25) is 0 Å². The lowest BCUT2D eigenvalue weighted by Crippen LogP contribution is -2.28. The lowest BCUT2D eigenvalue weighted by atomic mass is 10.1. The first-order valence-electron chi connectivity index (χ1n) is 5.55. The maximum atomic E-state index is 10.7. The van der Waals surface area contributed by atoms with Gasteiger partial charge in [0.15, 0.2) is 0 Å². The Bertz CT molecular complexity index is 382. The Labute approximate surface area is 101 Å². The van der Waals surface area contributed by atoms with Crippen molar-refractivity contribution in [1.29, 1.82) is 0 Å². The SMILES string of the molecule is COC(C)CNC(C)c1cccc([N+](=O)[O-])c1. The van der Waals surface area contributed by atoms with E-state index in [4.69, 9.17) is 4.74 Å². The van der Waals surface area contributed by atoms with Gasteiger partial charge >= 0.3 is 0 Å². The summed E-state index contributed by atoms with van der Waals surface area (Å²) in [5, 5.41) is 13.9. The summed E-state index contributed by atoms with van der Waals surface area (Å²) >= 11 is 0. The number of nitro benzene ring substituents is 1. The van der Waals surface area contributed by atoms with E-state index in [9.17, 15) is 10.1 Å². The number of non-ortho nitro benzene ring substituents is 1. The van der Waals surface area contributed by atoms with E-state index in [2.05, 4.69) is 5.32 Å². The van der Waals surface area contributed by atoms with E-state index < -0.39 is 0 Å². The van der Waals surface area contributed by atoms with Crippen LogP contribution in [0, 0.1) is 10.1 Å². The highest BCUT2D eigenvalue weighted by atomic mass is 16.6. The van der Waals surface area contributed by atoms with Crippen LogP contribution >= 0.6 is 0 Å². The molecule has 1 N–H and O–H groups in total. The number of hydrogen-bond acceptors (Lipinski definition) is 4. The Kier molecular flexibility index (Phi) is 5.06. The van der Waals surface area contributed by atoms with Gasteiger partial charge < -0.3 is 10.1 Å². The van der Waals surface area contributed by atoms with Crippen LogP contribution in [-0.2, 0) is 4.74 Å². The minimum Gasteiger partial charge on any atom is -0.380 e. The Morgan fingerprint density at radius 1 is 1.47 bits per heavy atom. The van der Waals surface area contributed by atoms with Crippen molar-refractivity contribution in [2.24, 2.45) is 0 Å². The van der Waals surface area contributed by atoms with Crippen LogP contribution in [0.1, 0.15) is 25.5 Å². The normalized spacial score (nSPS) is 14.3. The fourth-order valence-electron chi connectivity index (χ4n) is 1.45. The second kappa shape index (κ2) is 6.32. The van der Waals surface area contributed by atoms with Crippen molar-refractivity contribution in [3.63, 3.8) is 0 Å². The number of nitrogens with zero attached hydrogens (tertiary/aromatic N) is 1. The summed E-state index contributed by atoms with van der Waals surface area (Å²) in [6.07, 6.45) is 0.121. The highest BCUT2D eigenvalue weighted by molar-refractivity contribution is 5.35. The van der Waals surface area contributed by atoms with Gasteiger partial charge in [-0.1, -0.05) is 12.1 Å². The first kappa shape index (κ1) is 13.6. The third-order valence-electron chi connectivity index (χ3n) is 2.69. The standard InChI is InChI=1S/C12H18N2O3/c1-9(17-3)8-13-10(2)11-5-4-6-12(7-11)14(15)16/h4-7,9-10,13H,8H2,1-3H3. The zero-order valence-electron chi connectivity index (χ0n) is 10.3. The lowest BCUT2D eigenvalue weighted by molar-refractivity contribution is -0.384. The van der Waals surface area contributed by atoms with Gasteiger partial charge in [0.25, 0.3) is 5.69 Å². The molecule has 17 heavy (non-hydrogen) atoms. The second-order valence-electron chi connectivity index (χ2n) is 4.03. The predicted octanol–water partition coefficient (Wildman–Crippen LogP) is 2.28. The molecule has 2 unspecified atom stereocenters. The number of ether oxygens (including phenoxy) is 1. The summed E-state index contributed by atoms with van der Waals surface area (Å²) in [4.78, 5) is 10.3. The monoisotopic (exact) mass is 238 g/mol. The molecule has 0 spiro atoms. The fourth-order valence-corrected chi connectivity index (χ4v) is 1.45. The first-order valence-corrected chi connectivity index (χ1v) is 5.55. The molecule has 1 aromatic rings. The highest BCUT2D eigenvalue weighted by Gasteiger charge is 2.11. The number of nitro groups is 1. The van der Waals surface area contributed by atoms with E-state index in [1.807, 2.05) is 19.9 Å². The Balaban J connectivity index is 2.65. The van der Waals surface area contributed by atoms with E-state index >= 15 is 0 Å². The Hall–Kier alpha value is -1.46. The van der Waals surface area contributed by atoms with Crippen LogP contribution in [0.4, 0.5) is 5.69 Å². The van der Waals surface area contributed by atoms with E-state index in [1.165, 1.54) is 6.07 Å². The molecular weight excluding hydrogens is 220 g/mol. The van der Waals surface area contributed by atoms with Crippen molar-refractivity contribution >= 4 is 5.69 Å². The van der Waals surface area contributed by atoms with E-state index in [0.717, 1.165) is 5.56 Å². The average molecular weight is 238 g/mol. The predicted molar refractivity (Wildman–Crippen MR) is 66.0 cm³/mol. The van der Waals surface area contributed by atoms with Crippen molar-refractivity contribution in [2.45, 2.75) is 26.0 Å². The summed E-state index contributed by atoms with van der Waals surface area (Å²) in [5.41, 5.74) is 1.03. The van der Waals surface area contributed by atoms with Crippen molar-refractivity contribution in [1.82, 2.24) is 5.32 Å². The molecule has 0 radical (unpaired) electrons. The van der Waals surface area contributed by atoms with Gasteiger partial charge in [0, 0.05) is 31.8 Å². The molecule has 2 atom stereocenters. The smallest absolute Gasteiger partial charge is 0.269 e. The number of hydrogen-bond donors (Lipinski definition) is 1. The summed E-state index contributed by atoms with van der Waals surface area (Å²) in [7, 11) is 1.66. The second-order valence-corrected chi connectivity index (χ2v) is 4.03. The van der Waals surface area contributed by atoms with Crippen LogP contribution in [-0.4, -0.2) is 24.7 Å². The van der Waals surface area contributed by atoms with Gasteiger partial charge in [-0.05, 0) is 19.4 Å². The van der Waals surface area contributed by atoms with Gasteiger partial charge in [0.05, 0.1) is 11.0 Å². The number of rotatable bonds is 6.